The summed E-state index contributed by atoms with van der Waals surface area (Å²) in [6.07, 6.45) is 0. The van der Waals surface area contributed by atoms with Gasteiger partial charge in [-0.05, 0) is 31.5 Å². The molecule has 0 radical (unpaired) electrons. The standard InChI is InChI=1S/C12H17NO2/c1-9-5-6-12(15-4)11(7-9)13(3)8-10(2)14/h5-7H,8H2,1-4H3. The average Bonchev–Trinajstić information content (AvgIpc) is 2.16. The van der Waals surface area contributed by atoms with Gasteiger partial charge in [0.15, 0.2) is 0 Å². The molecule has 15 heavy (non-hydrogen) atoms. The Kier molecular flexibility index (Phi) is 3.72. The highest BCUT2D eigenvalue weighted by molar-refractivity contribution is 5.81. The molecule has 3 heteroatoms. The van der Waals surface area contributed by atoms with Crippen LogP contribution in [0.2, 0.25) is 0 Å². The normalized spacial score (nSPS) is 9.87. The Morgan fingerprint density at radius 2 is 2.13 bits per heavy atom. The summed E-state index contributed by atoms with van der Waals surface area (Å²) < 4.78 is 5.25. The molecular formula is C12H17NO2. The van der Waals surface area contributed by atoms with Crippen molar-refractivity contribution in [1.29, 1.82) is 0 Å². The molecule has 0 fully saturated rings. The van der Waals surface area contributed by atoms with Gasteiger partial charge in [-0.15, -0.1) is 0 Å². The summed E-state index contributed by atoms with van der Waals surface area (Å²) in [5.41, 5.74) is 2.11. The lowest BCUT2D eigenvalue weighted by molar-refractivity contribution is -0.115. The number of ether oxygens (including phenoxy) is 1. The van der Waals surface area contributed by atoms with Gasteiger partial charge in [-0.1, -0.05) is 6.07 Å². The molecule has 1 aromatic rings. The number of aryl methyl sites for hydroxylation is 1. The van der Waals surface area contributed by atoms with Crippen molar-refractivity contribution in [3.05, 3.63) is 23.8 Å². The van der Waals surface area contributed by atoms with Crippen molar-refractivity contribution in [1.82, 2.24) is 0 Å². The topological polar surface area (TPSA) is 29.5 Å². The first-order valence-electron chi connectivity index (χ1n) is 4.90. The van der Waals surface area contributed by atoms with E-state index in [2.05, 4.69) is 0 Å². The molecule has 0 N–H and O–H groups in total. The van der Waals surface area contributed by atoms with Crippen molar-refractivity contribution in [2.75, 3.05) is 25.6 Å². The number of methoxy groups -OCH3 is 1. The first-order chi connectivity index (χ1) is 7.04. The van der Waals surface area contributed by atoms with Gasteiger partial charge in [-0.3, -0.25) is 4.79 Å². The summed E-state index contributed by atoms with van der Waals surface area (Å²) in [6.45, 7) is 4.00. The number of benzene rings is 1. The SMILES string of the molecule is COc1ccc(C)cc1N(C)CC(C)=O. The summed E-state index contributed by atoms with van der Waals surface area (Å²) in [4.78, 5) is 12.9. The van der Waals surface area contributed by atoms with E-state index in [0.717, 1.165) is 17.0 Å². The zero-order chi connectivity index (χ0) is 11.4. The van der Waals surface area contributed by atoms with Gasteiger partial charge in [0.1, 0.15) is 11.5 Å². The molecule has 1 rings (SSSR count). The predicted molar refractivity (Wildman–Crippen MR) is 61.7 cm³/mol. The Bertz CT molecular complexity index is 361. The molecule has 0 bridgehead atoms. The highest BCUT2D eigenvalue weighted by Crippen LogP contribution is 2.28. The smallest absolute Gasteiger partial charge is 0.149 e. The zero-order valence-electron chi connectivity index (χ0n) is 9.70. The van der Waals surface area contributed by atoms with Crippen LogP contribution >= 0.6 is 0 Å². The van der Waals surface area contributed by atoms with Crippen LogP contribution in [-0.4, -0.2) is 26.5 Å². The van der Waals surface area contributed by atoms with E-state index >= 15 is 0 Å². The third kappa shape index (κ3) is 2.98. The van der Waals surface area contributed by atoms with E-state index in [-0.39, 0.29) is 5.78 Å². The largest absolute Gasteiger partial charge is 0.495 e. The molecule has 0 amide bonds. The van der Waals surface area contributed by atoms with Crippen LogP contribution < -0.4 is 9.64 Å². The molecule has 0 aliphatic carbocycles. The van der Waals surface area contributed by atoms with Crippen LogP contribution in [0.25, 0.3) is 0 Å². The third-order valence-electron chi connectivity index (χ3n) is 2.21. The summed E-state index contributed by atoms with van der Waals surface area (Å²) in [7, 11) is 3.52. The van der Waals surface area contributed by atoms with Crippen LogP contribution in [0.3, 0.4) is 0 Å². The summed E-state index contributed by atoms with van der Waals surface area (Å²) >= 11 is 0. The molecule has 0 saturated heterocycles. The Balaban J connectivity index is 2.99. The number of carbonyl (C=O) groups is 1. The lowest BCUT2D eigenvalue weighted by atomic mass is 10.2. The van der Waals surface area contributed by atoms with Gasteiger partial charge in [0.05, 0.1) is 19.3 Å². The number of ketones is 1. The molecule has 0 saturated carbocycles. The molecule has 0 heterocycles. The van der Waals surface area contributed by atoms with E-state index < -0.39 is 0 Å². The Morgan fingerprint density at radius 1 is 1.47 bits per heavy atom. The van der Waals surface area contributed by atoms with Gasteiger partial charge in [0, 0.05) is 7.05 Å². The second-order valence-electron chi connectivity index (χ2n) is 3.73. The fourth-order valence-electron chi connectivity index (χ4n) is 1.52. The first kappa shape index (κ1) is 11.6. The zero-order valence-corrected chi connectivity index (χ0v) is 9.70. The lowest BCUT2D eigenvalue weighted by Gasteiger charge is -2.20. The van der Waals surface area contributed by atoms with E-state index in [1.54, 1.807) is 14.0 Å². The minimum atomic E-state index is 0.140. The third-order valence-corrected chi connectivity index (χ3v) is 2.21. The van der Waals surface area contributed by atoms with Crippen LogP contribution in [0.1, 0.15) is 12.5 Å². The van der Waals surface area contributed by atoms with Crippen molar-refractivity contribution in [2.24, 2.45) is 0 Å². The van der Waals surface area contributed by atoms with E-state index in [1.807, 2.05) is 37.1 Å². The lowest BCUT2D eigenvalue weighted by Crippen LogP contribution is -2.24. The number of nitrogens with zero attached hydrogens (tertiary/aromatic N) is 1. The molecule has 3 nitrogen and oxygen atoms in total. The Labute approximate surface area is 90.7 Å². The molecule has 1 aromatic carbocycles. The monoisotopic (exact) mass is 207 g/mol. The van der Waals surface area contributed by atoms with Crippen LogP contribution in [0.5, 0.6) is 5.75 Å². The van der Waals surface area contributed by atoms with E-state index in [0.29, 0.717) is 6.54 Å². The fourth-order valence-corrected chi connectivity index (χ4v) is 1.52. The average molecular weight is 207 g/mol. The number of anilines is 1. The molecule has 0 spiro atoms. The quantitative estimate of drug-likeness (QED) is 0.756. The second kappa shape index (κ2) is 4.82. The van der Waals surface area contributed by atoms with E-state index in [1.165, 1.54) is 0 Å². The van der Waals surface area contributed by atoms with Gasteiger partial charge < -0.3 is 9.64 Å². The minimum absolute atomic E-state index is 0.140. The number of hydrogen-bond acceptors (Lipinski definition) is 3. The summed E-state index contributed by atoms with van der Waals surface area (Å²) in [5.74, 6) is 0.936. The number of hydrogen-bond donors (Lipinski definition) is 0. The maximum absolute atomic E-state index is 11.0. The van der Waals surface area contributed by atoms with Gasteiger partial charge in [-0.2, -0.15) is 0 Å². The van der Waals surface area contributed by atoms with E-state index in [9.17, 15) is 4.79 Å². The van der Waals surface area contributed by atoms with Crippen LogP contribution in [-0.2, 0) is 4.79 Å². The molecule has 0 aliphatic rings. The number of Topliss-reactive ketones (excluding diaryl/α,β-unsaturated/α-hetero) is 1. The van der Waals surface area contributed by atoms with Crippen molar-refractivity contribution < 1.29 is 9.53 Å². The van der Waals surface area contributed by atoms with Crippen molar-refractivity contribution in [3.8, 4) is 5.75 Å². The summed E-state index contributed by atoms with van der Waals surface area (Å²) in [5, 5.41) is 0. The molecule has 0 unspecified atom stereocenters. The van der Waals surface area contributed by atoms with Gasteiger partial charge >= 0.3 is 0 Å². The molecule has 0 aliphatic heterocycles. The van der Waals surface area contributed by atoms with Gasteiger partial charge in [-0.25, -0.2) is 0 Å². The number of carbonyl (C=O) groups excluding carboxylic acids is 1. The predicted octanol–water partition coefficient (Wildman–Crippen LogP) is 2.03. The van der Waals surface area contributed by atoms with Crippen molar-refractivity contribution >= 4 is 11.5 Å². The maximum atomic E-state index is 11.0. The Morgan fingerprint density at radius 3 is 2.67 bits per heavy atom. The van der Waals surface area contributed by atoms with Crippen LogP contribution in [0.4, 0.5) is 5.69 Å². The summed E-state index contributed by atoms with van der Waals surface area (Å²) in [6, 6.07) is 5.92. The van der Waals surface area contributed by atoms with Crippen LogP contribution in [0, 0.1) is 6.92 Å². The fraction of sp³-hybridized carbons (Fsp3) is 0.417. The molecule has 0 atom stereocenters. The van der Waals surface area contributed by atoms with Crippen molar-refractivity contribution in [2.45, 2.75) is 13.8 Å². The van der Waals surface area contributed by atoms with Crippen LogP contribution in [0.15, 0.2) is 18.2 Å². The Hall–Kier alpha value is -1.51. The molecule has 0 aromatic heterocycles. The number of likely N-dealkylation sites (N-methyl/N-ethyl adjacent to an activating group) is 1. The minimum Gasteiger partial charge on any atom is -0.495 e. The van der Waals surface area contributed by atoms with Crippen molar-refractivity contribution in [3.63, 3.8) is 0 Å². The van der Waals surface area contributed by atoms with E-state index in [4.69, 9.17) is 4.74 Å². The molecular weight excluding hydrogens is 190 g/mol. The first-order valence-corrected chi connectivity index (χ1v) is 4.90. The number of rotatable bonds is 4. The molecule has 82 valence electrons. The van der Waals surface area contributed by atoms with Gasteiger partial charge in [0.2, 0.25) is 0 Å². The maximum Gasteiger partial charge on any atom is 0.149 e. The highest BCUT2D eigenvalue weighted by atomic mass is 16.5. The van der Waals surface area contributed by atoms with Gasteiger partial charge in [0.25, 0.3) is 0 Å². The second-order valence-corrected chi connectivity index (χ2v) is 3.73. The highest BCUT2D eigenvalue weighted by Gasteiger charge is 2.09.